The molecule has 0 fully saturated rings. The highest BCUT2D eigenvalue weighted by atomic mass is 32.2. The molecule has 1 atom stereocenters. The molecule has 2 aromatic carbocycles. The number of methoxy groups -OCH3 is 1. The molecule has 9 heteroatoms. The predicted molar refractivity (Wildman–Crippen MR) is 133 cm³/mol. The van der Waals surface area contributed by atoms with Gasteiger partial charge < -0.3 is 10.1 Å². The number of aryl methyl sites for hydroxylation is 1. The Morgan fingerprint density at radius 2 is 1.85 bits per heavy atom. The smallest absolute Gasteiger partial charge is 0.341 e. The van der Waals surface area contributed by atoms with Crippen LogP contribution in [0.25, 0.3) is 0 Å². The number of ether oxygens (including phenoxy) is 1. The Morgan fingerprint density at radius 3 is 2.56 bits per heavy atom. The monoisotopic (exact) mass is 498 g/mol. The van der Waals surface area contributed by atoms with Crippen molar-refractivity contribution in [1.29, 1.82) is 0 Å². The number of thiophene rings is 1. The molecular weight excluding hydrogens is 472 g/mol. The van der Waals surface area contributed by atoms with Gasteiger partial charge in [-0.05, 0) is 68.0 Å². The molecule has 1 aliphatic carbocycles. The van der Waals surface area contributed by atoms with Crippen molar-refractivity contribution in [2.24, 2.45) is 5.92 Å². The number of hydrogen-bond donors (Lipinski definition) is 2. The molecule has 0 radical (unpaired) electrons. The number of rotatable bonds is 6. The van der Waals surface area contributed by atoms with Crippen molar-refractivity contribution >= 4 is 43.9 Å². The zero-order valence-corrected chi connectivity index (χ0v) is 20.8. The number of benzene rings is 2. The Hall–Kier alpha value is -3.17. The van der Waals surface area contributed by atoms with Gasteiger partial charge in [-0.3, -0.25) is 9.52 Å². The minimum atomic E-state index is -3.80. The van der Waals surface area contributed by atoms with Crippen molar-refractivity contribution in [2.45, 2.75) is 38.0 Å². The van der Waals surface area contributed by atoms with E-state index in [0.29, 0.717) is 16.5 Å². The maximum absolute atomic E-state index is 13.0. The summed E-state index contributed by atoms with van der Waals surface area (Å²) in [5.41, 5.74) is 2.85. The standard InChI is InChI=1S/C25H26N2O5S2/c1-15-7-10-19(11-8-15)34(30,31)27-18-6-4-5-17(14-18)23(28)26-24-22(25(29)32-3)20-12-9-16(2)13-21(20)33-24/h4-8,10-11,14,16,27H,9,12-13H2,1-3H3,(H,26,28). The van der Waals surface area contributed by atoms with Gasteiger partial charge in [0, 0.05) is 16.1 Å². The van der Waals surface area contributed by atoms with Gasteiger partial charge in [0.15, 0.2) is 0 Å². The van der Waals surface area contributed by atoms with E-state index in [1.54, 1.807) is 30.3 Å². The highest BCUT2D eigenvalue weighted by Crippen LogP contribution is 2.40. The topological polar surface area (TPSA) is 102 Å². The largest absolute Gasteiger partial charge is 0.465 e. The normalized spacial score (nSPS) is 15.3. The first kappa shape index (κ1) is 24.0. The molecule has 0 saturated carbocycles. The molecule has 178 valence electrons. The number of hydrogen-bond acceptors (Lipinski definition) is 6. The van der Waals surface area contributed by atoms with Crippen molar-refractivity contribution in [3.8, 4) is 0 Å². The fourth-order valence-corrected chi connectivity index (χ4v) is 6.43. The van der Waals surface area contributed by atoms with Gasteiger partial charge in [-0.25, -0.2) is 13.2 Å². The zero-order valence-electron chi connectivity index (χ0n) is 19.2. The first-order chi connectivity index (χ1) is 16.2. The number of anilines is 2. The lowest BCUT2D eigenvalue weighted by molar-refractivity contribution is 0.0601. The lowest BCUT2D eigenvalue weighted by Crippen LogP contribution is -2.17. The number of amides is 1. The Bertz CT molecular complexity index is 1340. The average molecular weight is 499 g/mol. The number of fused-ring (bicyclic) bond motifs is 1. The van der Waals surface area contributed by atoms with E-state index in [9.17, 15) is 18.0 Å². The summed E-state index contributed by atoms with van der Waals surface area (Å²) in [5.74, 6) is -0.395. The maximum atomic E-state index is 13.0. The van der Waals surface area contributed by atoms with Crippen LogP contribution in [0.3, 0.4) is 0 Å². The van der Waals surface area contributed by atoms with E-state index < -0.39 is 21.9 Å². The van der Waals surface area contributed by atoms with Gasteiger partial charge in [-0.2, -0.15) is 0 Å². The van der Waals surface area contributed by atoms with Crippen LogP contribution in [0.4, 0.5) is 10.7 Å². The summed E-state index contributed by atoms with van der Waals surface area (Å²) >= 11 is 1.40. The molecule has 1 aromatic heterocycles. The minimum absolute atomic E-state index is 0.133. The molecule has 0 aliphatic heterocycles. The van der Waals surface area contributed by atoms with Crippen molar-refractivity contribution in [3.05, 3.63) is 75.7 Å². The van der Waals surface area contributed by atoms with Gasteiger partial charge in [0.25, 0.3) is 15.9 Å². The van der Waals surface area contributed by atoms with Gasteiger partial charge in [0.05, 0.1) is 17.6 Å². The number of esters is 1. The molecule has 0 saturated heterocycles. The quantitative estimate of drug-likeness (QED) is 0.465. The minimum Gasteiger partial charge on any atom is -0.465 e. The van der Waals surface area contributed by atoms with E-state index >= 15 is 0 Å². The summed E-state index contributed by atoms with van der Waals surface area (Å²) in [4.78, 5) is 26.8. The fraction of sp³-hybridized carbons (Fsp3) is 0.280. The fourth-order valence-electron chi connectivity index (χ4n) is 3.99. The molecule has 7 nitrogen and oxygen atoms in total. The highest BCUT2D eigenvalue weighted by Gasteiger charge is 2.29. The Kier molecular flexibility index (Phi) is 6.77. The van der Waals surface area contributed by atoms with Crippen LogP contribution in [-0.2, 0) is 27.6 Å². The van der Waals surface area contributed by atoms with Crippen LogP contribution < -0.4 is 10.0 Å². The third kappa shape index (κ3) is 5.00. The zero-order chi connectivity index (χ0) is 24.5. The molecule has 3 aromatic rings. The molecule has 1 amide bonds. The summed E-state index contributed by atoms with van der Waals surface area (Å²) in [5, 5.41) is 3.30. The van der Waals surface area contributed by atoms with Gasteiger partial charge in [0.2, 0.25) is 0 Å². The molecule has 34 heavy (non-hydrogen) atoms. The van der Waals surface area contributed by atoms with Crippen molar-refractivity contribution in [3.63, 3.8) is 0 Å². The van der Waals surface area contributed by atoms with Crippen LogP contribution >= 0.6 is 11.3 Å². The summed E-state index contributed by atoms with van der Waals surface area (Å²) < 4.78 is 32.9. The van der Waals surface area contributed by atoms with E-state index in [4.69, 9.17) is 4.74 Å². The second-order valence-electron chi connectivity index (χ2n) is 8.50. The van der Waals surface area contributed by atoms with Crippen LogP contribution in [0, 0.1) is 12.8 Å². The summed E-state index contributed by atoms with van der Waals surface area (Å²) in [7, 11) is -2.47. The molecule has 2 N–H and O–H groups in total. The SMILES string of the molecule is COC(=O)c1c(NC(=O)c2cccc(NS(=O)(=O)c3ccc(C)cc3)c2)sc2c1CCC(C)C2. The lowest BCUT2D eigenvalue weighted by atomic mass is 9.88. The first-order valence-electron chi connectivity index (χ1n) is 10.9. The van der Waals surface area contributed by atoms with Crippen molar-refractivity contribution < 1.29 is 22.7 Å². The van der Waals surface area contributed by atoms with E-state index in [2.05, 4.69) is 17.0 Å². The maximum Gasteiger partial charge on any atom is 0.341 e. The van der Waals surface area contributed by atoms with Crippen LogP contribution in [0.5, 0.6) is 0 Å². The Morgan fingerprint density at radius 1 is 1.12 bits per heavy atom. The summed E-state index contributed by atoms with van der Waals surface area (Å²) in [6, 6.07) is 12.7. The average Bonchev–Trinajstić information content (AvgIpc) is 3.15. The van der Waals surface area contributed by atoms with Crippen LogP contribution in [0.15, 0.2) is 53.4 Å². The van der Waals surface area contributed by atoms with E-state index in [0.717, 1.165) is 35.3 Å². The molecular formula is C25H26N2O5S2. The Labute approximate surface area is 203 Å². The van der Waals surface area contributed by atoms with Crippen molar-refractivity contribution in [1.82, 2.24) is 0 Å². The van der Waals surface area contributed by atoms with E-state index in [1.807, 2.05) is 6.92 Å². The highest BCUT2D eigenvalue weighted by molar-refractivity contribution is 7.92. The molecule has 0 bridgehead atoms. The molecule has 4 rings (SSSR count). The molecule has 0 spiro atoms. The summed E-state index contributed by atoms with van der Waals surface area (Å²) in [6.45, 7) is 4.05. The van der Waals surface area contributed by atoms with Crippen LogP contribution in [-0.4, -0.2) is 27.4 Å². The molecule has 1 heterocycles. The van der Waals surface area contributed by atoms with Gasteiger partial charge in [-0.15, -0.1) is 11.3 Å². The van der Waals surface area contributed by atoms with Gasteiger partial charge in [0.1, 0.15) is 5.00 Å². The summed E-state index contributed by atoms with van der Waals surface area (Å²) in [6.07, 6.45) is 2.60. The van der Waals surface area contributed by atoms with Crippen LogP contribution in [0.2, 0.25) is 0 Å². The van der Waals surface area contributed by atoms with E-state index in [1.165, 1.54) is 36.6 Å². The van der Waals surface area contributed by atoms with Gasteiger partial charge in [-0.1, -0.05) is 30.7 Å². The molecule has 1 unspecified atom stereocenters. The second kappa shape index (κ2) is 9.60. The van der Waals surface area contributed by atoms with Crippen molar-refractivity contribution in [2.75, 3.05) is 17.1 Å². The third-order valence-electron chi connectivity index (χ3n) is 5.84. The van der Waals surface area contributed by atoms with Gasteiger partial charge >= 0.3 is 5.97 Å². The van der Waals surface area contributed by atoms with Crippen LogP contribution in [0.1, 0.15) is 50.1 Å². The molecule has 1 aliphatic rings. The first-order valence-corrected chi connectivity index (χ1v) is 13.2. The Balaban J connectivity index is 1.58. The lowest BCUT2D eigenvalue weighted by Gasteiger charge is -2.18. The van der Waals surface area contributed by atoms with E-state index in [-0.39, 0.29) is 16.1 Å². The third-order valence-corrected chi connectivity index (χ3v) is 8.40. The number of sulfonamides is 1. The number of nitrogens with one attached hydrogen (secondary N) is 2. The number of carbonyl (C=O) groups excluding carboxylic acids is 2. The number of carbonyl (C=O) groups is 2. The second-order valence-corrected chi connectivity index (χ2v) is 11.3. The predicted octanol–water partition coefficient (Wildman–Crippen LogP) is 5.02.